The second-order valence-corrected chi connectivity index (χ2v) is 9.14. The number of carbonyl (C=O) groups is 3. The van der Waals surface area contributed by atoms with Gasteiger partial charge in [-0.05, 0) is 80.3 Å². The highest BCUT2D eigenvalue weighted by atomic mass is 16.5. The molecule has 2 aromatic carbocycles. The van der Waals surface area contributed by atoms with Gasteiger partial charge in [0.15, 0.2) is 0 Å². The van der Waals surface area contributed by atoms with Crippen LogP contribution in [0.4, 0.5) is 11.5 Å². The lowest BCUT2D eigenvalue weighted by Gasteiger charge is -2.27. The first-order valence-electron chi connectivity index (χ1n) is 12.3. The van der Waals surface area contributed by atoms with Crippen LogP contribution in [0.3, 0.4) is 0 Å². The van der Waals surface area contributed by atoms with Gasteiger partial charge in [0.25, 0.3) is 5.91 Å². The number of hydrogen-bond acceptors (Lipinski definition) is 6. The number of rotatable bonds is 6. The van der Waals surface area contributed by atoms with Gasteiger partial charge in [-0.1, -0.05) is 6.07 Å². The zero-order chi connectivity index (χ0) is 25.8. The average molecular weight is 498 g/mol. The maximum absolute atomic E-state index is 12.7. The molecular weight excluding hydrogens is 470 g/mol. The Labute approximate surface area is 213 Å². The Bertz CT molecular complexity index is 1420. The molecule has 5 rings (SSSR count). The number of amides is 2. The fourth-order valence-corrected chi connectivity index (χ4v) is 4.54. The van der Waals surface area contributed by atoms with E-state index in [4.69, 9.17) is 4.74 Å². The van der Waals surface area contributed by atoms with E-state index in [-0.39, 0.29) is 29.8 Å². The van der Waals surface area contributed by atoms with Crippen LogP contribution in [0, 0.1) is 5.92 Å². The topological polar surface area (TPSA) is 126 Å². The van der Waals surface area contributed by atoms with E-state index < -0.39 is 0 Å². The van der Waals surface area contributed by atoms with Crippen LogP contribution in [0.15, 0.2) is 66.9 Å². The predicted octanol–water partition coefficient (Wildman–Crippen LogP) is 4.94. The molecule has 0 aliphatic heterocycles. The molecule has 9 nitrogen and oxygen atoms in total. The highest BCUT2D eigenvalue weighted by Crippen LogP contribution is 2.28. The van der Waals surface area contributed by atoms with Crippen LogP contribution in [0.5, 0.6) is 0 Å². The number of hydrogen-bond donors (Lipinski definition) is 3. The molecule has 0 unspecified atom stereocenters. The Hall–Kier alpha value is -4.53. The number of anilines is 2. The van der Waals surface area contributed by atoms with Crippen molar-refractivity contribution in [3.63, 3.8) is 0 Å². The number of ether oxygens (including phenoxy) is 1. The van der Waals surface area contributed by atoms with E-state index in [1.54, 1.807) is 36.5 Å². The van der Waals surface area contributed by atoms with E-state index in [2.05, 4.69) is 25.6 Å². The third-order valence-electron chi connectivity index (χ3n) is 6.46. The lowest BCUT2D eigenvalue weighted by Crippen LogP contribution is -2.30. The zero-order valence-electron chi connectivity index (χ0n) is 20.4. The van der Waals surface area contributed by atoms with Crippen molar-refractivity contribution in [3.8, 4) is 11.4 Å². The van der Waals surface area contributed by atoms with Gasteiger partial charge in [-0.15, -0.1) is 0 Å². The summed E-state index contributed by atoms with van der Waals surface area (Å²) in [5.41, 5.74) is 3.53. The normalized spacial score (nSPS) is 17.2. The standard InChI is InChI=1S/C28H27N5O4/c1-17(34)37-22-12-7-19(8-13-22)27(35)30-21-10-5-18(6-11-21)26-31-23-14-9-20(16-24(23)32-26)28(36)33-25-4-2-3-15-29-25/h2-6,9-11,14-16,19,22H,7-8,12-13H2,1H3,(H,30,35)(H,31,32)(H,29,33,36)/t19-,22+. The SMILES string of the molecule is CC(=O)O[C@H]1CC[C@@H](C(=O)Nc2ccc(-c3nc4cc(C(=O)Nc5ccccn5)ccc4[nH]3)cc2)CC1. The number of benzene rings is 2. The summed E-state index contributed by atoms with van der Waals surface area (Å²) in [4.78, 5) is 48.5. The Morgan fingerprint density at radius 3 is 2.43 bits per heavy atom. The maximum atomic E-state index is 12.7. The van der Waals surface area contributed by atoms with Crippen molar-refractivity contribution in [2.24, 2.45) is 5.92 Å². The Morgan fingerprint density at radius 1 is 0.946 bits per heavy atom. The number of nitrogens with zero attached hydrogens (tertiary/aromatic N) is 2. The molecule has 2 amide bonds. The molecule has 4 aromatic rings. The summed E-state index contributed by atoms with van der Waals surface area (Å²) >= 11 is 0. The number of H-pyrrole nitrogens is 1. The minimum atomic E-state index is -0.274. The smallest absolute Gasteiger partial charge is 0.302 e. The lowest BCUT2D eigenvalue weighted by molar-refractivity contribution is -0.148. The fourth-order valence-electron chi connectivity index (χ4n) is 4.54. The molecule has 3 N–H and O–H groups in total. The maximum Gasteiger partial charge on any atom is 0.302 e. The number of carbonyl (C=O) groups excluding carboxylic acids is 3. The number of imidazole rings is 1. The summed E-state index contributed by atoms with van der Waals surface area (Å²) < 4.78 is 5.25. The van der Waals surface area contributed by atoms with Crippen molar-refractivity contribution in [3.05, 3.63) is 72.4 Å². The molecule has 188 valence electrons. The molecular formula is C28H27N5O4. The van der Waals surface area contributed by atoms with Crippen molar-refractivity contribution in [1.82, 2.24) is 15.0 Å². The van der Waals surface area contributed by atoms with Gasteiger partial charge in [-0.25, -0.2) is 9.97 Å². The fraction of sp³-hybridized carbons (Fsp3) is 0.250. The van der Waals surface area contributed by atoms with E-state index in [1.807, 2.05) is 30.3 Å². The van der Waals surface area contributed by atoms with Gasteiger partial charge < -0.3 is 20.4 Å². The first-order chi connectivity index (χ1) is 17.9. The van der Waals surface area contributed by atoms with E-state index >= 15 is 0 Å². The monoisotopic (exact) mass is 497 g/mol. The van der Waals surface area contributed by atoms with Gasteiger partial charge in [0, 0.05) is 35.9 Å². The van der Waals surface area contributed by atoms with Crippen LogP contribution in [0.2, 0.25) is 0 Å². The minimum Gasteiger partial charge on any atom is -0.463 e. The number of aromatic amines is 1. The molecule has 1 aliphatic carbocycles. The van der Waals surface area contributed by atoms with Crippen LogP contribution in [0.1, 0.15) is 43.0 Å². The highest BCUT2D eigenvalue weighted by molar-refractivity contribution is 6.05. The molecule has 2 aromatic heterocycles. The molecule has 1 fully saturated rings. The lowest BCUT2D eigenvalue weighted by atomic mass is 9.86. The molecule has 0 bridgehead atoms. The second kappa shape index (κ2) is 10.6. The molecule has 9 heteroatoms. The van der Waals surface area contributed by atoms with Gasteiger partial charge in [0.2, 0.25) is 5.91 Å². The summed E-state index contributed by atoms with van der Waals surface area (Å²) in [5, 5.41) is 5.76. The van der Waals surface area contributed by atoms with Crippen LogP contribution in [0.25, 0.3) is 22.4 Å². The largest absolute Gasteiger partial charge is 0.463 e. The molecule has 1 aliphatic rings. The van der Waals surface area contributed by atoms with Crippen molar-refractivity contribution in [1.29, 1.82) is 0 Å². The molecule has 0 saturated heterocycles. The van der Waals surface area contributed by atoms with Gasteiger partial charge in [0.1, 0.15) is 17.7 Å². The number of pyridine rings is 1. The van der Waals surface area contributed by atoms with Gasteiger partial charge in [-0.2, -0.15) is 0 Å². The van der Waals surface area contributed by atoms with Gasteiger partial charge in [0.05, 0.1) is 11.0 Å². The molecule has 2 heterocycles. The van der Waals surface area contributed by atoms with E-state index in [9.17, 15) is 14.4 Å². The van der Waals surface area contributed by atoms with Crippen LogP contribution in [-0.4, -0.2) is 38.8 Å². The minimum absolute atomic E-state index is 0.0192. The Balaban J connectivity index is 1.22. The van der Waals surface area contributed by atoms with Crippen molar-refractivity contribution >= 4 is 40.3 Å². The Kier molecular flexibility index (Phi) is 6.93. The third-order valence-corrected chi connectivity index (χ3v) is 6.46. The summed E-state index contributed by atoms with van der Waals surface area (Å²) in [6, 6.07) is 18.1. The number of nitrogens with one attached hydrogen (secondary N) is 3. The van der Waals surface area contributed by atoms with Crippen LogP contribution < -0.4 is 10.6 Å². The molecule has 0 radical (unpaired) electrons. The first kappa shape index (κ1) is 24.2. The number of aromatic nitrogens is 3. The summed E-state index contributed by atoms with van der Waals surface area (Å²) in [6.07, 6.45) is 4.33. The number of fused-ring (bicyclic) bond motifs is 1. The van der Waals surface area contributed by atoms with E-state index in [0.717, 1.165) is 11.1 Å². The van der Waals surface area contributed by atoms with Crippen molar-refractivity contribution in [2.45, 2.75) is 38.7 Å². The third kappa shape index (κ3) is 5.83. The molecule has 0 atom stereocenters. The predicted molar refractivity (Wildman–Crippen MR) is 140 cm³/mol. The highest BCUT2D eigenvalue weighted by Gasteiger charge is 2.27. The summed E-state index contributed by atoms with van der Waals surface area (Å²) in [7, 11) is 0. The quantitative estimate of drug-likeness (QED) is 0.324. The zero-order valence-corrected chi connectivity index (χ0v) is 20.4. The summed E-state index contributed by atoms with van der Waals surface area (Å²) in [5.74, 6) is 0.505. The number of esters is 1. The molecule has 1 saturated carbocycles. The second-order valence-electron chi connectivity index (χ2n) is 9.14. The average Bonchev–Trinajstić information content (AvgIpc) is 3.33. The Morgan fingerprint density at radius 2 is 1.73 bits per heavy atom. The van der Waals surface area contributed by atoms with Crippen molar-refractivity contribution < 1.29 is 19.1 Å². The van der Waals surface area contributed by atoms with E-state index in [0.29, 0.717) is 54.1 Å². The van der Waals surface area contributed by atoms with Gasteiger partial charge >= 0.3 is 5.97 Å². The van der Waals surface area contributed by atoms with Gasteiger partial charge in [-0.3, -0.25) is 14.4 Å². The van der Waals surface area contributed by atoms with Crippen LogP contribution >= 0.6 is 0 Å². The first-order valence-corrected chi connectivity index (χ1v) is 12.3. The molecule has 0 spiro atoms. The van der Waals surface area contributed by atoms with Crippen molar-refractivity contribution in [2.75, 3.05) is 10.6 Å². The van der Waals surface area contributed by atoms with Crippen LogP contribution in [-0.2, 0) is 14.3 Å². The van der Waals surface area contributed by atoms with E-state index in [1.165, 1.54) is 6.92 Å². The molecule has 37 heavy (non-hydrogen) atoms. The summed E-state index contributed by atoms with van der Waals surface area (Å²) in [6.45, 7) is 1.41.